The van der Waals surface area contributed by atoms with E-state index < -0.39 is 0 Å². The van der Waals surface area contributed by atoms with Gasteiger partial charge in [0, 0.05) is 25.3 Å². The molecule has 5 nitrogen and oxygen atoms in total. The van der Waals surface area contributed by atoms with Gasteiger partial charge in [0.1, 0.15) is 5.82 Å². The van der Waals surface area contributed by atoms with Gasteiger partial charge in [-0.2, -0.15) is 0 Å². The van der Waals surface area contributed by atoms with Crippen molar-refractivity contribution in [1.29, 1.82) is 0 Å². The zero-order valence-corrected chi connectivity index (χ0v) is 16.9. The molecule has 2 aliphatic rings. The fourth-order valence-electron chi connectivity index (χ4n) is 4.23. The van der Waals surface area contributed by atoms with Gasteiger partial charge in [-0.25, -0.2) is 0 Å². The summed E-state index contributed by atoms with van der Waals surface area (Å²) in [7, 11) is 0. The molecule has 27 heavy (non-hydrogen) atoms. The molecule has 6 heteroatoms. The molecular formula is C21H28N4OS. The molecule has 0 bridgehead atoms. The SMILES string of the molecule is Cc1cccc(CSCC(=O)N2CCCC2c2nnc3n2CCCCC3)c1. The Morgan fingerprint density at radius 1 is 1.19 bits per heavy atom. The molecule has 1 atom stereocenters. The van der Waals surface area contributed by atoms with Crippen molar-refractivity contribution < 1.29 is 4.79 Å². The van der Waals surface area contributed by atoms with Gasteiger partial charge in [0.25, 0.3) is 0 Å². The fourth-order valence-corrected chi connectivity index (χ4v) is 5.09. The van der Waals surface area contributed by atoms with Crippen LogP contribution < -0.4 is 0 Å². The lowest BCUT2D eigenvalue weighted by Crippen LogP contribution is -2.33. The molecular weight excluding hydrogens is 356 g/mol. The molecule has 1 aromatic heterocycles. The number of hydrogen-bond donors (Lipinski definition) is 0. The number of benzene rings is 1. The second kappa shape index (κ2) is 8.46. The van der Waals surface area contributed by atoms with Gasteiger partial charge in [-0.1, -0.05) is 36.2 Å². The lowest BCUT2D eigenvalue weighted by molar-refractivity contribution is -0.129. The highest BCUT2D eigenvalue weighted by atomic mass is 32.2. The summed E-state index contributed by atoms with van der Waals surface area (Å²) < 4.78 is 2.29. The van der Waals surface area contributed by atoms with Crippen LogP contribution >= 0.6 is 11.8 Å². The first-order valence-corrected chi connectivity index (χ1v) is 11.2. The molecule has 2 aliphatic heterocycles. The number of aromatic nitrogens is 3. The minimum absolute atomic E-state index is 0.108. The second-order valence-electron chi connectivity index (χ2n) is 7.66. The van der Waals surface area contributed by atoms with Crippen molar-refractivity contribution in [3.05, 3.63) is 47.0 Å². The summed E-state index contributed by atoms with van der Waals surface area (Å²) in [5, 5.41) is 8.94. The first kappa shape index (κ1) is 18.5. The molecule has 2 aromatic rings. The van der Waals surface area contributed by atoms with Crippen molar-refractivity contribution in [1.82, 2.24) is 19.7 Å². The van der Waals surface area contributed by atoms with Crippen LogP contribution in [0.3, 0.4) is 0 Å². The van der Waals surface area contributed by atoms with E-state index in [1.54, 1.807) is 11.8 Å². The van der Waals surface area contributed by atoms with Crippen LogP contribution in [0.2, 0.25) is 0 Å². The lowest BCUT2D eigenvalue weighted by Gasteiger charge is -2.24. The highest BCUT2D eigenvalue weighted by Gasteiger charge is 2.34. The maximum Gasteiger partial charge on any atom is 0.233 e. The Morgan fingerprint density at radius 2 is 2.11 bits per heavy atom. The van der Waals surface area contributed by atoms with Crippen molar-refractivity contribution >= 4 is 17.7 Å². The normalized spacial score (nSPS) is 19.7. The maximum atomic E-state index is 12.9. The first-order chi connectivity index (χ1) is 13.2. The summed E-state index contributed by atoms with van der Waals surface area (Å²) in [6, 6.07) is 8.63. The third-order valence-corrected chi connectivity index (χ3v) is 6.57. The predicted molar refractivity (Wildman–Crippen MR) is 109 cm³/mol. The number of nitrogens with zero attached hydrogens (tertiary/aromatic N) is 4. The predicted octanol–water partition coefficient (Wildman–Crippen LogP) is 3.91. The van der Waals surface area contributed by atoms with Gasteiger partial charge < -0.3 is 9.47 Å². The van der Waals surface area contributed by atoms with Crippen LogP contribution in [-0.4, -0.2) is 37.9 Å². The molecule has 0 spiro atoms. The Hall–Kier alpha value is -1.82. The molecule has 0 aliphatic carbocycles. The van der Waals surface area contributed by atoms with Gasteiger partial charge in [-0.3, -0.25) is 4.79 Å². The minimum Gasteiger partial charge on any atom is -0.332 e. The molecule has 0 saturated carbocycles. The fraction of sp³-hybridized carbons (Fsp3) is 0.571. The molecule has 0 N–H and O–H groups in total. The lowest BCUT2D eigenvalue weighted by atomic mass is 10.2. The Balaban J connectivity index is 1.39. The quantitative estimate of drug-likeness (QED) is 0.784. The number of fused-ring (bicyclic) bond motifs is 1. The zero-order valence-electron chi connectivity index (χ0n) is 16.1. The molecule has 144 valence electrons. The van der Waals surface area contributed by atoms with Crippen molar-refractivity contribution in [2.75, 3.05) is 12.3 Å². The number of thioether (sulfide) groups is 1. The van der Waals surface area contributed by atoms with Crippen molar-refractivity contribution in [3.63, 3.8) is 0 Å². The van der Waals surface area contributed by atoms with Crippen LogP contribution in [0.4, 0.5) is 0 Å². The van der Waals surface area contributed by atoms with E-state index in [-0.39, 0.29) is 11.9 Å². The number of carbonyl (C=O) groups excluding carboxylic acids is 1. The summed E-state index contributed by atoms with van der Waals surface area (Å²) >= 11 is 1.71. The molecule has 0 radical (unpaired) electrons. The van der Waals surface area contributed by atoms with E-state index >= 15 is 0 Å². The summed E-state index contributed by atoms with van der Waals surface area (Å²) in [6.45, 7) is 3.95. The zero-order chi connectivity index (χ0) is 18.6. The van der Waals surface area contributed by atoms with Gasteiger partial charge in [-0.15, -0.1) is 22.0 Å². The summed E-state index contributed by atoms with van der Waals surface area (Å²) in [4.78, 5) is 14.9. The minimum atomic E-state index is 0.108. The topological polar surface area (TPSA) is 51.0 Å². The standard InChI is InChI=1S/C21H28N4OS/c1-16-7-5-8-17(13-16)14-27-15-20(26)24-12-6-9-18(24)21-23-22-19-10-3-2-4-11-25(19)21/h5,7-8,13,18H,2-4,6,9-12,14-15H2,1H3. The van der Waals surface area contributed by atoms with Gasteiger partial charge >= 0.3 is 0 Å². The molecule has 3 heterocycles. The number of hydrogen-bond acceptors (Lipinski definition) is 4. The molecule has 4 rings (SSSR count). The summed E-state index contributed by atoms with van der Waals surface area (Å²) in [6.07, 6.45) is 6.71. The average Bonchev–Trinajstić information content (AvgIpc) is 3.22. The molecule has 1 aromatic carbocycles. The highest BCUT2D eigenvalue weighted by molar-refractivity contribution is 7.99. The molecule has 1 saturated heterocycles. The van der Waals surface area contributed by atoms with Gasteiger partial charge in [0.2, 0.25) is 5.91 Å². The van der Waals surface area contributed by atoms with E-state index in [1.165, 1.54) is 30.4 Å². The van der Waals surface area contributed by atoms with Crippen LogP contribution in [0.25, 0.3) is 0 Å². The van der Waals surface area contributed by atoms with Crippen LogP contribution in [0.15, 0.2) is 24.3 Å². The molecule has 1 amide bonds. The Bertz CT molecular complexity index is 803. The van der Waals surface area contributed by atoms with Crippen LogP contribution in [0.1, 0.15) is 60.9 Å². The third kappa shape index (κ3) is 4.21. The monoisotopic (exact) mass is 384 g/mol. The molecule has 1 fully saturated rings. The van der Waals surface area contributed by atoms with Crippen molar-refractivity contribution in [2.45, 2.75) is 63.8 Å². The smallest absolute Gasteiger partial charge is 0.233 e. The van der Waals surface area contributed by atoms with E-state index in [0.29, 0.717) is 5.75 Å². The number of aryl methyl sites for hydroxylation is 2. The second-order valence-corrected chi connectivity index (χ2v) is 8.65. The Labute approximate surface area is 165 Å². The molecule has 1 unspecified atom stereocenters. The van der Waals surface area contributed by atoms with Crippen LogP contribution in [0, 0.1) is 6.92 Å². The number of likely N-dealkylation sites (tertiary alicyclic amines) is 1. The number of carbonyl (C=O) groups is 1. The summed E-state index contributed by atoms with van der Waals surface area (Å²) in [5.74, 6) is 3.77. The van der Waals surface area contributed by atoms with Crippen molar-refractivity contribution in [3.8, 4) is 0 Å². The van der Waals surface area contributed by atoms with Gasteiger partial charge in [-0.05, 0) is 38.2 Å². The van der Waals surface area contributed by atoms with E-state index in [9.17, 15) is 4.79 Å². The van der Waals surface area contributed by atoms with E-state index in [0.717, 1.165) is 49.8 Å². The maximum absolute atomic E-state index is 12.9. The summed E-state index contributed by atoms with van der Waals surface area (Å²) in [5.41, 5.74) is 2.56. The van der Waals surface area contributed by atoms with Crippen LogP contribution in [-0.2, 0) is 23.5 Å². The van der Waals surface area contributed by atoms with Crippen molar-refractivity contribution in [2.24, 2.45) is 0 Å². The number of rotatable bonds is 5. The highest BCUT2D eigenvalue weighted by Crippen LogP contribution is 2.33. The van der Waals surface area contributed by atoms with E-state index in [1.807, 2.05) is 4.90 Å². The third-order valence-electron chi connectivity index (χ3n) is 5.59. The Morgan fingerprint density at radius 3 is 3.00 bits per heavy atom. The first-order valence-electron chi connectivity index (χ1n) is 10.1. The van der Waals surface area contributed by atoms with E-state index in [2.05, 4.69) is 46.0 Å². The van der Waals surface area contributed by atoms with Crippen LogP contribution in [0.5, 0.6) is 0 Å². The van der Waals surface area contributed by atoms with Gasteiger partial charge in [0.05, 0.1) is 11.8 Å². The number of amides is 1. The average molecular weight is 385 g/mol. The largest absolute Gasteiger partial charge is 0.332 e. The Kier molecular flexibility index (Phi) is 5.81. The van der Waals surface area contributed by atoms with Gasteiger partial charge in [0.15, 0.2) is 5.82 Å². The van der Waals surface area contributed by atoms with E-state index in [4.69, 9.17) is 0 Å².